The summed E-state index contributed by atoms with van der Waals surface area (Å²) < 4.78 is 0. The van der Waals surface area contributed by atoms with Gasteiger partial charge >= 0.3 is 0 Å². The van der Waals surface area contributed by atoms with Crippen LogP contribution in [0.1, 0.15) is 25.7 Å². The van der Waals surface area contributed by atoms with Crippen LogP contribution in [0.2, 0.25) is 0 Å². The molecule has 2 radical (unpaired) electrons. The maximum absolute atomic E-state index is 5.19. The minimum Gasteiger partial charge on any atom is -0.0885 e. The Hall–Kier alpha value is -0.520. The van der Waals surface area contributed by atoms with Gasteiger partial charge in [0, 0.05) is 0 Å². The average molecular weight is 122 g/mol. The normalized spacial score (nSPS) is 10.3. The Morgan fingerprint density at radius 3 is 2.44 bits per heavy atom. The summed E-state index contributed by atoms with van der Waals surface area (Å²) in [7, 11) is 0. The SMILES string of the molecule is [CH]=CCCCCC=C[CH2]. The van der Waals surface area contributed by atoms with Gasteiger partial charge in [-0.25, -0.2) is 0 Å². The first-order chi connectivity index (χ1) is 4.41. The van der Waals surface area contributed by atoms with Crippen molar-refractivity contribution >= 4 is 0 Å². The van der Waals surface area contributed by atoms with Gasteiger partial charge < -0.3 is 0 Å². The molecule has 0 atom stereocenters. The highest BCUT2D eigenvalue weighted by Gasteiger charge is 1.80. The van der Waals surface area contributed by atoms with Crippen LogP contribution in [0.5, 0.6) is 0 Å². The van der Waals surface area contributed by atoms with E-state index in [-0.39, 0.29) is 0 Å². The molecule has 0 aromatic carbocycles. The molecule has 0 fully saturated rings. The first-order valence-electron chi connectivity index (χ1n) is 3.39. The van der Waals surface area contributed by atoms with Crippen molar-refractivity contribution in [3.63, 3.8) is 0 Å². The maximum atomic E-state index is 5.19. The van der Waals surface area contributed by atoms with Crippen LogP contribution in [0.3, 0.4) is 0 Å². The van der Waals surface area contributed by atoms with E-state index < -0.39 is 0 Å². The molecule has 0 amide bonds. The monoisotopic (exact) mass is 122 g/mol. The van der Waals surface area contributed by atoms with Crippen LogP contribution in [0, 0.1) is 13.5 Å². The second-order valence-electron chi connectivity index (χ2n) is 1.99. The highest BCUT2D eigenvalue weighted by atomic mass is 13.9. The van der Waals surface area contributed by atoms with Crippen LogP contribution in [-0.4, -0.2) is 0 Å². The molecule has 0 aromatic heterocycles. The summed E-state index contributed by atoms with van der Waals surface area (Å²) in [6.07, 6.45) is 10.2. The van der Waals surface area contributed by atoms with Gasteiger partial charge in [0.25, 0.3) is 0 Å². The standard InChI is InChI=1S/C9H14/c1-3-5-7-9-8-6-4-2/h1,3-4,6H,2,5,7-9H2. The summed E-state index contributed by atoms with van der Waals surface area (Å²) >= 11 is 0. The molecule has 0 bridgehead atoms. The molecule has 0 aliphatic heterocycles. The van der Waals surface area contributed by atoms with Crippen molar-refractivity contribution in [2.75, 3.05) is 0 Å². The van der Waals surface area contributed by atoms with E-state index in [0.717, 1.165) is 12.8 Å². The third-order valence-corrected chi connectivity index (χ3v) is 1.16. The van der Waals surface area contributed by atoms with Crippen molar-refractivity contribution in [2.45, 2.75) is 25.7 Å². The second-order valence-corrected chi connectivity index (χ2v) is 1.99. The Kier molecular flexibility index (Phi) is 7.05. The van der Waals surface area contributed by atoms with E-state index in [1.54, 1.807) is 6.08 Å². The molecule has 0 N–H and O–H groups in total. The van der Waals surface area contributed by atoms with Crippen molar-refractivity contribution in [3.8, 4) is 0 Å². The average Bonchev–Trinajstić information content (AvgIpc) is 1.89. The first-order valence-corrected chi connectivity index (χ1v) is 3.39. The lowest BCUT2D eigenvalue weighted by Gasteiger charge is -1.90. The van der Waals surface area contributed by atoms with E-state index >= 15 is 0 Å². The van der Waals surface area contributed by atoms with Gasteiger partial charge in [-0.15, -0.1) is 0 Å². The van der Waals surface area contributed by atoms with Gasteiger partial charge in [0.1, 0.15) is 0 Å². The molecule has 0 heterocycles. The molecule has 0 unspecified atom stereocenters. The maximum Gasteiger partial charge on any atom is -0.0316 e. The Bertz CT molecular complexity index is 80.0. The molecule has 0 rings (SSSR count). The van der Waals surface area contributed by atoms with Crippen LogP contribution in [0.25, 0.3) is 0 Å². The number of hydrogen-bond donors (Lipinski definition) is 0. The summed E-state index contributed by atoms with van der Waals surface area (Å²) in [6, 6.07) is 0. The summed E-state index contributed by atoms with van der Waals surface area (Å²) in [5.74, 6) is 0. The Morgan fingerprint density at radius 1 is 1.22 bits per heavy atom. The zero-order chi connectivity index (χ0) is 6.95. The van der Waals surface area contributed by atoms with Gasteiger partial charge in [-0.2, -0.15) is 0 Å². The molecule has 0 nitrogen and oxygen atoms in total. The smallest absolute Gasteiger partial charge is 0.0316 e. The second kappa shape index (κ2) is 7.48. The lowest BCUT2D eigenvalue weighted by atomic mass is 10.2. The van der Waals surface area contributed by atoms with Crippen LogP contribution >= 0.6 is 0 Å². The molecule has 9 heavy (non-hydrogen) atoms. The number of hydrogen-bond acceptors (Lipinski definition) is 0. The Labute approximate surface area is 58.3 Å². The highest BCUT2D eigenvalue weighted by Crippen LogP contribution is 1.99. The Morgan fingerprint density at radius 2 is 1.89 bits per heavy atom. The third kappa shape index (κ3) is 7.48. The van der Waals surface area contributed by atoms with Crippen molar-refractivity contribution < 1.29 is 0 Å². The minimum atomic E-state index is 1.03. The molecule has 0 aliphatic carbocycles. The number of rotatable bonds is 5. The number of allylic oxidation sites excluding steroid dienone is 3. The molecule has 0 spiro atoms. The topological polar surface area (TPSA) is 0 Å². The minimum absolute atomic E-state index is 1.03. The van der Waals surface area contributed by atoms with Gasteiger partial charge in [-0.05, 0) is 32.6 Å². The molecule has 50 valence electrons. The van der Waals surface area contributed by atoms with E-state index in [9.17, 15) is 0 Å². The number of unbranched alkanes of at least 4 members (excludes halogenated alkanes) is 3. The van der Waals surface area contributed by atoms with Crippen LogP contribution in [0.15, 0.2) is 18.2 Å². The fraction of sp³-hybridized carbons (Fsp3) is 0.444. The van der Waals surface area contributed by atoms with Crippen LogP contribution in [0.4, 0.5) is 0 Å². The molecular formula is C9H14. The summed E-state index contributed by atoms with van der Waals surface area (Å²) in [5.41, 5.74) is 0. The quantitative estimate of drug-likeness (QED) is 0.492. The first kappa shape index (κ1) is 8.48. The van der Waals surface area contributed by atoms with E-state index in [1.165, 1.54) is 12.8 Å². The van der Waals surface area contributed by atoms with Gasteiger partial charge in [-0.1, -0.05) is 24.8 Å². The third-order valence-electron chi connectivity index (χ3n) is 1.16. The lowest BCUT2D eigenvalue weighted by molar-refractivity contribution is 0.762. The predicted octanol–water partition coefficient (Wildman–Crippen LogP) is 2.93. The molecule has 0 saturated heterocycles. The fourth-order valence-corrected chi connectivity index (χ4v) is 0.642. The van der Waals surface area contributed by atoms with E-state index in [4.69, 9.17) is 6.58 Å². The molecule has 0 saturated carbocycles. The predicted molar refractivity (Wildman–Crippen MR) is 41.8 cm³/mol. The van der Waals surface area contributed by atoms with Crippen molar-refractivity contribution in [1.29, 1.82) is 0 Å². The van der Waals surface area contributed by atoms with Crippen molar-refractivity contribution in [2.24, 2.45) is 0 Å². The highest BCUT2D eigenvalue weighted by molar-refractivity contribution is 4.83. The molecule has 0 aliphatic rings. The summed E-state index contributed by atoms with van der Waals surface area (Å²) in [5, 5.41) is 0. The largest absolute Gasteiger partial charge is 0.0885 e. The zero-order valence-electron chi connectivity index (χ0n) is 5.84. The van der Waals surface area contributed by atoms with Crippen LogP contribution < -0.4 is 0 Å². The fourth-order valence-electron chi connectivity index (χ4n) is 0.642. The van der Waals surface area contributed by atoms with E-state index in [1.807, 2.05) is 6.08 Å². The van der Waals surface area contributed by atoms with E-state index in [0.29, 0.717) is 0 Å². The molecule has 0 aromatic rings. The zero-order valence-corrected chi connectivity index (χ0v) is 5.84. The van der Waals surface area contributed by atoms with Gasteiger partial charge in [-0.3, -0.25) is 0 Å². The van der Waals surface area contributed by atoms with E-state index in [2.05, 4.69) is 13.0 Å². The lowest BCUT2D eigenvalue weighted by Crippen LogP contribution is -1.70. The molecular weight excluding hydrogens is 108 g/mol. The summed E-state index contributed by atoms with van der Waals surface area (Å²) in [6.45, 7) is 8.78. The van der Waals surface area contributed by atoms with Crippen molar-refractivity contribution in [3.05, 3.63) is 31.7 Å². The van der Waals surface area contributed by atoms with Gasteiger partial charge in [0.15, 0.2) is 0 Å². The van der Waals surface area contributed by atoms with Crippen molar-refractivity contribution in [1.82, 2.24) is 0 Å². The summed E-state index contributed by atoms with van der Waals surface area (Å²) in [4.78, 5) is 0. The molecule has 0 heteroatoms. The van der Waals surface area contributed by atoms with Gasteiger partial charge in [0.05, 0.1) is 0 Å². The van der Waals surface area contributed by atoms with Crippen LogP contribution in [-0.2, 0) is 0 Å². The Balaban J connectivity index is 2.82. The van der Waals surface area contributed by atoms with Gasteiger partial charge in [0.2, 0.25) is 0 Å².